The summed E-state index contributed by atoms with van der Waals surface area (Å²) in [6, 6.07) is 18.4. The van der Waals surface area contributed by atoms with Gasteiger partial charge in [0.15, 0.2) is 0 Å². The van der Waals surface area contributed by atoms with Gasteiger partial charge in [0.05, 0.1) is 5.39 Å². The predicted octanol–water partition coefficient (Wildman–Crippen LogP) is 6.24. The number of nitrogens with one attached hydrogen (secondary N) is 1. The molecule has 1 saturated heterocycles. The molecule has 1 fully saturated rings. The molecule has 0 unspecified atom stereocenters. The molecular weight excluding hydrogens is 424 g/mol. The number of likely N-dealkylation sites (tertiary alicyclic amines) is 1. The molecular formula is C28H32N4O2. The molecule has 0 radical (unpaired) electrons. The number of hydrogen-bond donors (Lipinski definition) is 1. The van der Waals surface area contributed by atoms with Crippen molar-refractivity contribution in [1.29, 1.82) is 0 Å². The summed E-state index contributed by atoms with van der Waals surface area (Å²) in [5, 5.41) is 4.41. The average molecular weight is 457 g/mol. The lowest BCUT2D eigenvalue weighted by Gasteiger charge is -2.21. The molecule has 0 aliphatic carbocycles. The number of hydrogen-bond acceptors (Lipinski definition) is 6. The van der Waals surface area contributed by atoms with Crippen LogP contribution in [0.3, 0.4) is 0 Å². The zero-order valence-electron chi connectivity index (χ0n) is 20.2. The van der Waals surface area contributed by atoms with E-state index < -0.39 is 0 Å². The molecule has 0 saturated carbocycles. The first-order valence-corrected chi connectivity index (χ1v) is 12.0. The van der Waals surface area contributed by atoms with Crippen LogP contribution in [0.5, 0.6) is 5.75 Å². The summed E-state index contributed by atoms with van der Waals surface area (Å²) in [6.07, 6.45) is 4.15. The Labute approximate surface area is 201 Å². The second kappa shape index (κ2) is 9.47. The lowest BCUT2D eigenvalue weighted by molar-refractivity contribution is 0.238. The molecule has 176 valence electrons. The zero-order valence-corrected chi connectivity index (χ0v) is 20.2. The Bertz CT molecular complexity index is 1240. The predicted molar refractivity (Wildman–Crippen MR) is 137 cm³/mol. The van der Waals surface area contributed by atoms with Crippen LogP contribution < -0.4 is 10.1 Å². The van der Waals surface area contributed by atoms with Gasteiger partial charge in [-0.05, 0) is 76.5 Å². The zero-order chi connectivity index (χ0) is 23.5. The highest BCUT2D eigenvalue weighted by molar-refractivity contribution is 6.05. The standard InChI is InChI=1S/C28H32N4O2/c1-28(2,3)31-26-24-23(20-9-5-4-6-10-20)25(34-27(24)30-19-29-26)21-11-13-22(14-12-21)33-18-17-32-15-7-8-16-32/h4-6,9-14,19H,7-8,15-18H2,1-3H3,(H,29,30,31). The highest BCUT2D eigenvalue weighted by atomic mass is 16.5. The molecule has 5 rings (SSSR count). The van der Waals surface area contributed by atoms with Gasteiger partial charge in [0.25, 0.3) is 0 Å². The van der Waals surface area contributed by atoms with E-state index >= 15 is 0 Å². The molecule has 4 aromatic rings. The van der Waals surface area contributed by atoms with Crippen molar-refractivity contribution in [3.8, 4) is 28.2 Å². The molecule has 0 amide bonds. The number of anilines is 1. The van der Waals surface area contributed by atoms with Gasteiger partial charge < -0.3 is 14.5 Å². The van der Waals surface area contributed by atoms with Crippen molar-refractivity contribution >= 4 is 16.9 Å². The SMILES string of the molecule is CC(C)(C)Nc1ncnc2oc(-c3ccc(OCCN4CCCC4)cc3)c(-c3ccccc3)c12. The van der Waals surface area contributed by atoms with Gasteiger partial charge in [-0.15, -0.1) is 0 Å². The molecule has 0 bridgehead atoms. The Hall–Kier alpha value is -3.38. The Morgan fingerprint density at radius 3 is 2.38 bits per heavy atom. The molecule has 0 spiro atoms. The minimum atomic E-state index is -0.152. The molecule has 1 aliphatic heterocycles. The Morgan fingerprint density at radius 1 is 0.941 bits per heavy atom. The van der Waals surface area contributed by atoms with Gasteiger partial charge >= 0.3 is 0 Å². The summed E-state index contributed by atoms with van der Waals surface area (Å²) in [5.41, 5.74) is 3.45. The molecule has 0 atom stereocenters. The summed E-state index contributed by atoms with van der Waals surface area (Å²) >= 11 is 0. The Balaban J connectivity index is 1.49. The van der Waals surface area contributed by atoms with Crippen molar-refractivity contribution in [3.63, 3.8) is 0 Å². The average Bonchev–Trinajstić information content (AvgIpc) is 3.48. The molecule has 1 aliphatic rings. The fraction of sp³-hybridized carbons (Fsp3) is 0.357. The van der Waals surface area contributed by atoms with E-state index in [1.807, 2.05) is 30.3 Å². The van der Waals surface area contributed by atoms with Crippen LogP contribution in [-0.2, 0) is 0 Å². The summed E-state index contributed by atoms with van der Waals surface area (Å²) in [6.45, 7) is 10.4. The quantitative estimate of drug-likeness (QED) is 0.355. The maximum Gasteiger partial charge on any atom is 0.232 e. The van der Waals surface area contributed by atoms with Gasteiger partial charge in [-0.2, -0.15) is 0 Å². The Kier molecular flexibility index (Phi) is 6.24. The highest BCUT2D eigenvalue weighted by Gasteiger charge is 2.24. The number of benzene rings is 2. The van der Waals surface area contributed by atoms with Gasteiger partial charge in [0.1, 0.15) is 30.3 Å². The Morgan fingerprint density at radius 2 is 1.68 bits per heavy atom. The largest absolute Gasteiger partial charge is 0.492 e. The van der Waals surface area contributed by atoms with E-state index in [1.54, 1.807) is 6.33 Å². The smallest absolute Gasteiger partial charge is 0.232 e. The number of fused-ring (bicyclic) bond motifs is 1. The second-order valence-corrected chi connectivity index (χ2v) is 9.87. The van der Waals surface area contributed by atoms with Gasteiger partial charge in [0.2, 0.25) is 5.71 Å². The minimum absolute atomic E-state index is 0.152. The molecule has 34 heavy (non-hydrogen) atoms. The van der Waals surface area contributed by atoms with E-state index in [-0.39, 0.29) is 5.54 Å². The van der Waals surface area contributed by atoms with Crippen molar-refractivity contribution < 1.29 is 9.15 Å². The van der Waals surface area contributed by atoms with Crippen LogP contribution in [0.25, 0.3) is 33.6 Å². The summed E-state index contributed by atoms with van der Waals surface area (Å²) in [7, 11) is 0. The monoisotopic (exact) mass is 456 g/mol. The molecule has 1 N–H and O–H groups in total. The summed E-state index contributed by atoms with van der Waals surface area (Å²) in [5.74, 6) is 2.42. The number of rotatable bonds is 7. The number of nitrogens with zero attached hydrogens (tertiary/aromatic N) is 3. The molecule has 6 nitrogen and oxygen atoms in total. The number of furan rings is 1. The second-order valence-electron chi connectivity index (χ2n) is 9.87. The third-order valence-corrected chi connectivity index (χ3v) is 6.04. The van der Waals surface area contributed by atoms with E-state index in [2.05, 4.69) is 65.2 Å². The van der Waals surface area contributed by atoms with Crippen LogP contribution >= 0.6 is 0 Å². The van der Waals surface area contributed by atoms with E-state index in [1.165, 1.54) is 25.9 Å². The van der Waals surface area contributed by atoms with Crippen molar-refractivity contribution in [2.45, 2.75) is 39.2 Å². The first-order valence-electron chi connectivity index (χ1n) is 12.0. The fourth-order valence-corrected chi connectivity index (χ4v) is 4.47. The van der Waals surface area contributed by atoms with Crippen LogP contribution in [0.15, 0.2) is 65.3 Å². The van der Waals surface area contributed by atoms with E-state index in [4.69, 9.17) is 9.15 Å². The molecule has 3 heterocycles. The highest BCUT2D eigenvalue weighted by Crippen LogP contribution is 2.43. The van der Waals surface area contributed by atoms with Gasteiger partial charge in [0, 0.05) is 23.2 Å². The minimum Gasteiger partial charge on any atom is -0.492 e. The maximum absolute atomic E-state index is 6.34. The lowest BCUT2D eigenvalue weighted by Crippen LogP contribution is -2.26. The number of ether oxygens (including phenoxy) is 1. The van der Waals surface area contributed by atoms with E-state index in [0.29, 0.717) is 12.3 Å². The first-order chi connectivity index (χ1) is 16.5. The van der Waals surface area contributed by atoms with Gasteiger partial charge in [-0.1, -0.05) is 30.3 Å². The summed E-state index contributed by atoms with van der Waals surface area (Å²) in [4.78, 5) is 11.5. The summed E-state index contributed by atoms with van der Waals surface area (Å²) < 4.78 is 12.3. The van der Waals surface area contributed by atoms with Crippen LogP contribution in [0.1, 0.15) is 33.6 Å². The van der Waals surface area contributed by atoms with Crippen LogP contribution in [0.2, 0.25) is 0 Å². The normalized spacial score (nSPS) is 14.6. The molecule has 2 aromatic carbocycles. The topological polar surface area (TPSA) is 63.4 Å². The van der Waals surface area contributed by atoms with Crippen molar-refractivity contribution in [2.24, 2.45) is 0 Å². The maximum atomic E-state index is 6.34. The van der Waals surface area contributed by atoms with Crippen LogP contribution in [0, 0.1) is 0 Å². The molecule has 6 heteroatoms. The molecule has 2 aromatic heterocycles. The van der Waals surface area contributed by atoms with Crippen LogP contribution in [0.4, 0.5) is 5.82 Å². The van der Waals surface area contributed by atoms with Crippen LogP contribution in [-0.4, -0.2) is 46.6 Å². The van der Waals surface area contributed by atoms with Crippen molar-refractivity contribution in [1.82, 2.24) is 14.9 Å². The fourth-order valence-electron chi connectivity index (χ4n) is 4.47. The van der Waals surface area contributed by atoms with E-state index in [9.17, 15) is 0 Å². The first kappa shape index (κ1) is 22.4. The lowest BCUT2D eigenvalue weighted by atomic mass is 9.99. The van der Waals surface area contributed by atoms with Crippen molar-refractivity contribution in [3.05, 3.63) is 60.9 Å². The number of aromatic nitrogens is 2. The van der Waals surface area contributed by atoms with Gasteiger partial charge in [-0.3, -0.25) is 4.90 Å². The van der Waals surface area contributed by atoms with E-state index in [0.717, 1.165) is 45.9 Å². The van der Waals surface area contributed by atoms with Crippen molar-refractivity contribution in [2.75, 3.05) is 31.6 Å². The van der Waals surface area contributed by atoms with Gasteiger partial charge in [-0.25, -0.2) is 9.97 Å². The third kappa shape index (κ3) is 4.92. The third-order valence-electron chi connectivity index (χ3n) is 6.04.